The third-order valence-electron chi connectivity index (χ3n) is 12.1. The zero-order valence-electron chi connectivity index (χ0n) is 37.7. The van der Waals surface area contributed by atoms with Crippen LogP contribution in [0.25, 0.3) is 44.8 Å². The number of likely N-dealkylation sites (tertiary alicyclic amines) is 2. The number of nitrogens with one attached hydrogen (secondary N) is 4. The van der Waals surface area contributed by atoms with Crippen LogP contribution < -0.4 is 10.6 Å². The topological polar surface area (TPSA) is 211 Å². The van der Waals surface area contributed by atoms with Gasteiger partial charge in [0.15, 0.2) is 34.9 Å². The van der Waals surface area contributed by atoms with Gasteiger partial charge in [-0.05, 0) is 67.2 Å². The molecule has 2 atom stereocenters. The van der Waals surface area contributed by atoms with Gasteiger partial charge < -0.3 is 35.5 Å². The summed E-state index contributed by atoms with van der Waals surface area (Å²) in [5.41, 5.74) is 2.03. The van der Waals surface area contributed by atoms with Crippen molar-refractivity contribution in [3.05, 3.63) is 107 Å². The molecular formula is C48H49Cl2F3N12O4. The first-order valence-corrected chi connectivity index (χ1v) is 23.2. The number of hydrogen-bond acceptors (Lipinski definition) is 11. The van der Waals surface area contributed by atoms with Gasteiger partial charge in [0.05, 0.1) is 34.4 Å². The van der Waals surface area contributed by atoms with Gasteiger partial charge in [-0.15, -0.1) is 0 Å². The summed E-state index contributed by atoms with van der Waals surface area (Å²) in [6.07, 6.45) is 12.2. The Hall–Kier alpha value is -6.86. The van der Waals surface area contributed by atoms with E-state index in [1.807, 2.05) is 0 Å². The number of aliphatic carboxylic acids is 1. The Morgan fingerprint density at radius 3 is 1.75 bits per heavy atom. The maximum atomic E-state index is 14.5. The largest absolute Gasteiger partial charge is 0.481 e. The summed E-state index contributed by atoms with van der Waals surface area (Å²) in [5, 5.41) is 17.6. The van der Waals surface area contributed by atoms with Crippen LogP contribution in [0.2, 0.25) is 10.0 Å². The second-order valence-corrected chi connectivity index (χ2v) is 18.9. The molecule has 6 aromatic heterocycles. The third kappa shape index (κ3) is 11.9. The first-order chi connectivity index (χ1) is 33.1. The molecule has 0 bridgehead atoms. The van der Waals surface area contributed by atoms with Crippen LogP contribution in [0.15, 0.2) is 73.6 Å². The van der Waals surface area contributed by atoms with Crippen LogP contribution in [-0.2, 0) is 9.59 Å². The van der Waals surface area contributed by atoms with E-state index in [0.29, 0.717) is 83.4 Å². The number of piperidine rings is 2. The molecule has 2 unspecified atom stereocenters. The molecule has 9 rings (SSSR count). The van der Waals surface area contributed by atoms with Crippen molar-refractivity contribution in [2.45, 2.75) is 52.4 Å². The highest BCUT2D eigenvalue weighted by atomic mass is 35.5. The van der Waals surface area contributed by atoms with Crippen LogP contribution >= 0.6 is 23.2 Å². The van der Waals surface area contributed by atoms with Crippen molar-refractivity contribution < 1.29 is 32.7 Å². The van der Waals surface area contributed by atoms with E-state index in [4.69, 9.17) is 28.3 Å². The second-order valence-electron chi connectivity index (χ2n) is 18.0. The first kappa shape index (κ1) is 48.6. The van der Waals surface area contributed by atoms with Crippen LogP contribution in [0.3, 0.4) is 0 Å². The van der Waals surface area contributed by atoms with Crippen molar-refractivity contribution in [3.8, 4) is 22.8 Å². The zero-order valence-corrected chi connectivity index (χ0v) is 39.2. The molecule has 360 valence electrons. The monoisotopic (exact) mass is 984 g/mol. The van der Waals surface area contributed by atoms with Gasteiger partial charge in [-0.1, -0.05) is 49.2 Å². The van der Waals surface area contributed by atoms with Crippen LogP contribution in [0.1, 0.15) is 62.7 Å². The maximum Gasteiger partial charge on any atom is 0.303 e. The highest BCUT2D eigenvalue weighted by Gasteiger charge is 2.31. The lowest BCUT2D eigenvalue weighted by Gasteiger charge is -2.35. The number of H-pyrrole nitrogens is 2. The minimum Gasteiger partial charge on any atom is -0.481 e. The average Bonchev–Trinajstić information content (AvgIpc) is 3.95. The summed E-state index contributed by atoms with van der Waals surface area (Å²) in [6.45, 7) is 6.61. The molecule has 0 aliphatic carbocycles. The van der Waals surface area contributed by atoms with Crippen molar-refractivity contribution in [2.75, 3.05) is 49.9 Å². The average molecular weight is 986 g/mol. The number of anilines is 2. The van der Waals surface area contributed by atoms with E-state index in [2.05, 4.69) is 50.5 Å². The smallest absolute Gasteiger partial charge is 0.303 e. The number of fused-ring (bicyclic) bond motifs is 2. The van der Waals surface area contributed by atoms with E-state index in [1.165, 1.54) is 24.5 Å². The van der Waals surface area contributed by atoms with Gasteiger partial charge in [0.1, 0.15) is 17.1 Å². The fourth-order valence-corrected chi connectivity index (χ4v) is 9.04. The summed E-state index contributed by atoms with van der Waals surface area (Å²) < 4.78 is 43.0. The Morgan fingerprint density at radius 2 is 1.23 bits per heavy atom. The Labute approximate surface area is 404 Å². The molecule has 0 saturated carbocycles. The molecule has 1 aromatic carbocycles. The van der Waals surface area contributed by atoms with Gasteiger partial charge in [-0.2, -0.15) is 0 Å². The lowest BCUT2D eigenvalue weighted by Crippen LogP contribution is -2.43. The van der Waals surface area contributed by atoms with Gasteiger partial charge in [0.2, 0.25) is 5.91 Å². The molecule has 2 fully saturated rings. The number of rotatable bonds is 13. The number of pyridine rings is 2. The van der Waals surface area contributed by atoms with Gasteiger partial charge in [0.25, 0.3) is 5.91 Å². The Bertz CT molecular complexity index is 3010. The van der Waals surface area contributed by atoms with Crippen LogP contribution in [0, 0.1) is 34.7 Å². The Kier molecular flexibility index (Phi) is 14.9. The molecule has 8 heterocycles. The molecule has 2 amide bonds. The molecule has 2 aliphatic heterocycles. The summed E-state index contributed by atoms with van der Waals surface area (Å²) in [7, 11) is 0. The summed E-state index contributed by atoms with van der Waals surface area (Å²) >= 11 is 12.1. The van der Waals surface area contributed by atoms with E-state index in [1.54, 1.807) is 60.3 Å². The number of carbonyl (C=O) groups excluding carboxylic acids is 2. The predicted octanol–water partition coefficient (Wildman–Crippen LogP) is 9.27. The van der Waals surface area contributed by atoms with Gasteiger partial charge >= 0.3 is 5.97 Å². The number of amides is 2. The summed E-state index contributed by atoms with van der Waals surface area (Å²) in [5.74, 6) is -1.95. The third-order valence-corrected chi connectivity index (χ3v) is 12.5. The number of carboxylic acid groups (broad SMARTS) is 1. The number of halogens is 5. The number of carbonyl (C=O) groups is 3. The van der Waals surface area contributed by atoms with Gasteiger partial charge in [-0.25, -0.2) is 43.1 Å². The van der Waals surface area contributed by atoms with Crippen molar-refractivity contribution in [1.82, 2.24) is 49.7 Å². The van der Waals surface area contributed by atoms with Crippen LogP contribution in [0.4, 0.5) is 24.8 Å². The van der Waals surface area contributed by atoms with E-state index in [-0.39, 0.29) is 53.7 Å². The van der Waals surface area contributed by atoms with Crippen LogP contribution in [-0.4, -0.2) is 112 Å². The zero-order chi connectivity index (χ0) is 48.8. The number of carboxylic acids is 1. The molecule has 16 nitrogen and oxygen atoms in total. The molecule has 69 heavy (non-hydrogen) atoms. The standard InChI is InChI=1S/C24H21ClF2N6O.C24H28ClFN6O3/c25-15-8-17-18(11-30-21(17)29-10-15)22-31-12-20(27)23(32-22)28-9-14-4-3-7-33(13-14)24(34)16-5-1-2-6-19(16)26;1-24(2,8-20(34)35)7-19(33)32-5-3-4-14(13-32)9-27-23-18(26)12-30-22(31-23)17-11-29-21-16(17)6-15(25)10-28-21/h1-2,5-6,8,10-12,14H,3-4,7,9,13H2,(H,29,30)(H,28,31,32);6,10-12,14H,3-5,7-9,13H2,1-2H3,(H,28,29)(H,34,35)(H,27,30,31). The van der Waals surface area contributed by atoms with E-state index in [9.17, 15) is 27.6 Å². The second kappa shape index (κ2) is 21.2. The molecule has 5 N–H and O–H groups in total. The van der Waals surface area contributed by atoms with Crippen molar-refractivity contribution in [1.29, 1.82) is 0 Å². The number of hydrogen-bond donors (Lipinski definition) is 5. The SMILES string of the molecule is CC(C)(CC(=O)O)CC(=O)N1CCCC(CNc2nc(-c3c[nH]c4ncc(Cl)cc34)ncc2F)C1.O=C(c1ccccc1F)N1CCCC(CNc2nc(-c3c[nH]c4ncc(Cl)cc34)ncc2F)C1. The molecule has 7 aromatic rings. The highest BCUT2D eigenvalue weighted by Crippen LogP contribution is 2.32. The number of benzene rings is 1. The molecule has 21 heteroatoms. The quantitative estimate of drug-likeness (QED) is 0.0732. The lowest BCUT2D eigenvalue weighted by atomic mass is 9.84. The fourth-order valence-electron chi connectivity index (χ4n) is 8.72. The first-order valence-electron chi connectivity index (χ1n) is 22.4. The minimum atomic E-state index is -0.915. The number of nitrogens with zero attached hydrogens (tertiary/aromatic N) is 8. The predicted molar refractivity (Wildman–Crippen MR) is 256 cm³/mol. The van der Waals surface area contributed by atoms with E-state index < -0.39 is 28.8 Å². The maximum absolute atomic E-state index is 14.5. The number of aromatic nitrogens is 8. The molecule has 0 spiro atoms. The normalized spacial score (nSPS) is 16.3. The molecule has 2 aliphatic rings. The molecule has 0 radical (unpaired) electrons. The minimum absolute atomic E-state index is 0.0527. The van der Waals surface area contributed by atoms with E-state index in [0.717, 1.165) is 48.8 Å². The van der Waals surface area contributed by atoms with Gasteiger partial charge in [0, 0.05) is 92.4 Å². The van der Waals surface area contributed by atoms with Crippen molar-refractivity contribution >= 4 is 74.7 Å². The van der Waals surface area contributed by atoms with Gasteiger partial charge in [-0.3, -0.25) is 14.4 Å². The number of aromatic amines is 2. The molecule has 2 saturated heterocycles. The fraction of sp³-hybridized carbons (Fsp3) is 0.354. The Balaban J connectivity index is 0.000000186. The lowest BCUT2D eigenvalue weighted by molar-refractivity contribution is -0.141. The highest BCUT2D eigenvalue weighted by molar-refractivity contribution is 6.31. The summed E-state index contributed by atoms with van der Waals surface area (Å²) in [4.78, 5) is 71.6. The summed E-state index contributed by atoms with van der Waals surface area (Å²) in [6, 6.07) is 9.47. The van der Waals surface area contributed by atoms with Crippen LogP contribution in [0.5, 0.6) is 0 Å². The van der Waals surface area contributed by atoms with E-state index >= 15 is 0 Å². The van der Waals surface area contributed by atoms with Crippen molar-refractivity contribution in [2.24, 2.45) is 17.3 Å². The molecular weight excluding hydrogens is 937 g/mol. The van der Waals surface area contributed by atoms with Crippen molar-refractivity contribution in [3.63, 3.8) is 0 Å². The Morgan fingerprint density at radius 1 is 0.725 bits per heavy atom.